The van der Waals surface area contributed by atoms with Crippen LogP contribution in [0.2, 0.25) is 0 Å². The van der Waals surface area contributed by atoms with Crippen LogP contribution in [-0.4, -0.2) is 16.2 Å². The molecule has 2 atom stereocenters. The highest BCUT2D eigenvalue weighted by Crippen LogP contribution is 2.33. The molecular weight excluding hydrogens is 272 g/mol. The van der Waals surface area contributed by atoms with Gasteiger partial charge in [-0.3, -0.25) is 4.79 Å². The highest BCUT2D eigenvalue weighted by molar-refractivity contribution is 9.10. The van der Waals surface area contributed by atoms with Crippen LogP contribution in [-0.2, 0) is 10.4 Å². The van der Waals surface area contributed by atoms with E-state index in [0.29, 0.717) is 12.0 Å². The molecule has 0 aliphatic rings. The van der Waals surface area contributed by atoms with E-state index in [1.54, 1.807) is 31.2 Å². The second-order valence-electron chi connectivity index (χ2n) is 3.84. The molecule has 88 valence electrons. The normalized spacial score (nSPS) is 16.5. The third-order valence-corrected chi connectivity index (χ3v) is 3.50. The average molecular weight is 287 g/mol. The van der Waals surface area contributed by atoms with E-state index >= 15 is 0 Å². The number of hydrogen-bond donors (Lipinski definition) is 2. The van der Waals surface area contributed by atoms with Crippen LogP contribution in [0.3, 0.4) is 0 Å². The highest BCUT2D eigenvalue weighted by atomic mass is 79.9. The van der Waals surface area contributed by atoms with Crippen molar-refractivity contribution in [2.45, 2.75) is 25.9 Å². The Bertz CT molecular complexity index is 374. The van der Waals surface area contributed by atoms with Crippen LogP contribution >= 0.6 is 15.9 Å². The summed E-state index contributed by atoms with van der Waals surface area (Å²) in [5.41, 5.74) is -0.680. The summed E-state index contributed by atoms with van der Waals surface area (Å²) in [6.45, 7) is 3.30. The zero-order valence-corrected chi connectivity index (χ0v) is 10.9. The monoisotopic (exact) mass is 286 g/mol. The van der Waals surface area contributed by atoms with E-state index in [1.807, 2.05) is 0 Å². The summed E-state index contributed by atoms with van der Waals surface area (Å²) in [6.07, 6.45) is 0.363. The summed E-state index contributed by atoms with van der Waals surface area (Å²) in [6, 6.07) is 7.08. The summed E-state index contributed by atoms with van der Waals surface area (Å²) in [7, 11) is 0. The van der Waals surface area contributed by atoms with E-state index < -0.39 is 17.5 Å². The molecular formula is C12H15BrO3. The lowest BCUT2D eigenvalue weighted by Gasteiger charge is -2.31. The standard InChI is InChI=1S/C12H15BrO3/c1-3-12(16,8(2)11(14)15)9-4-6-10(13)7-5-9/h4-8,16H,3H2,1-2H3,(H,14,15). The summed E-state index contributed by atoms with van der Waals surface area (Å²) in [4.78, 5) is 11.0. The molecule has 0 aliphatic heterocycles. The van der Waals surface area contributed by atoms with Crippen LogP contribution in [0.25, 0.3) is 0 Å². The lowest BCUT2D eigenvalue weighted by molar-refractivity contribution is -0.152. The first-order valence-corrected chi connectivity index (χ1v) is 5.92. The molecule has 0 aliphatic carbocycles. The molecule has 0 radical (unpaired) electrons. The van der Waals surface area contributed by atoms with Crippen molar-refractivity contribution < 1.29 is 15.0 Å². The Morgan fingerprint density at radius 1 is 1.44 bits per heavy atom. The maximum Gasteiger partial charge on any atom is 0.309 e. The fourth-order valence-electron chi connectivity index (χ4n) is 1.70. The molecule has 2 N–H and O–H groups in total. The van der Waals surface area contributed by atoms with Crippen molar-refractivity contribution in [3.8, 4) is 0 Å². The number of halogens is 1. The molecule has 1 rings (SSSR count). The number of aliphatic carboxylic acids is 1. The quantitative estimate of drug-likeness (QED) is 0.895. The van der Waals surface area contributed by atoms with Crippen molar-refractivity contribution in [1.29, 1.82) is 0 Å². The van der Waals surface area contributed by atoms with Gasteiger partial charge in [0.1, 0.15) is 5.60 Å². The highest BCUT2D eigenvalue weighted by Gasteiger charge is 2.38. The third kappa shape index (κ3) is 2.44. The SMILES string of the molecule is CCC(O)(c1ccc(Br)cc1)C(C)C(=O)O. The van der Waals surface area contributed by atoms with E-state index in [2.05, 4.69) is 15.9 Å². The largest absolute Gasteiger partial charge is 0.481 e. The lowest BCUT2D eigenvalue weighted by atomic mass is 9.80. The Hall–Kier alpha value is -0.870. The molecule has 4 heteroatoms. The number of carboxylic acid groups (broad SMARTS) is 1. The number of carboxylic acids is 1. The summed E-state index contributed by atoms with van der Waals surface area (Å²) < 4.78 is 0.901. The van der Waals surface area contributed by atoms with Crippen LogP contribution in [0.5, 0.6) is 0 Å². The fraction of sp³-hybridized carbons (Fsp3) is 0.417. The molecule has 0 saturated heterocycles. The Balaban J connectivity index is 3.14. The smallest absolute Gasteiger partial charge is 0.309 e. The van der Waals surface area contributed by atoms with Gasteiger partial charge in [-0.1, -0.05) is 35.0 Å². The first-order valence-electron chi connectivity index (χ1n) is 5.13. The van der Waals surface area contributed by atoms with Gasteiger partial charge in [0.05, 0.1) is 5.92 Å². The summed E-state index contributed by atoms with van der Waals surface area (Å²) >= 11 is 3.30. The van der Waals surface area contributed by atoms with Crippen molar-refractivity contribution in [2.24, 2.45) is 5.92 Å². The van der Waals surface area contributed by atoms with Gasteiger partial charge < -0.3 is 10.2 Å². The molecule has 0 saturated carbocycles. The van der Waals surface area contributed by atoms with Gasteiger partial charge in [-0.15, -0.1) is 0 Å². The van der Waals surface area contributed by atoms with Gasteiger partial charge >= 0.3 is 5.97 Å². The Kier molecular flexibility index (Phi) is 4.10. The number of carbonyl (C=O) groups is 1. The molecule has 1 aromatic carbocycles. The predicted molar refractivity (Wildman–Crippen MR) is 65.1 cm³/mol. The van der Waals surface area contributed by atoms with Crippen molar-refractivity contribution >= 4 is 21.9 Å². The van der Waals surface area contributed by atoms with Gasteiger partial charge in [-0.2, -0.15) is 0 Å². The van der Waals surface area contributed by atoms with Crippen molar-refractivity contribution in [2.75, 3.05) is 0 Å². The topological polar surface area (TPSA) is 57.5 Å². The van der Waals surface area contributed by atoms with E-state index in [-0.39, 0.29) is 0 Å². The van der Waals surface area contributed by atoms with Crippen molar-refractivity contribution in [3.63, 3.8) is 0 Å². The van der Waals surface area contributed by atoms with Crippen LogP contribution in [0.4, 0.5) is 0 Å². The number of rotatable bonds is 4. The van der Waals surface area contributed by atoms with E-state index in [0.717, 1.165) is 4.47 Å². The average Bonchev–Trinajstić information content (AvgIpc) is 2.27. The minimum atomic E-state index is -1.31. The van der Waals surface area contributed by atoms with Gasteiger partial charge in [0.25, 0.3) is 0 Å². The maximum atomic E-state index is 11.0. The number of hydrogen-bond acceptors (Lipinski definition) is 2. The molecule has 3 nitrogen and oxygen atoms in total. The van der Waals surface area contributed by atoms with Crippen LogP contribution in [0, 0.1) is 5.92 Å². The minimum absolute atomic E-state index is 0.363. The first kappa shape index (κ1) is 13.2. The van der Waals surface area contributed by atoms with Crippen molar-refractivity contribution in [3.05, 3.63) is 34.3 Å². The molecule has 0 spiro atoms. The second-order valence-corrected chi connectivity index (χ2v) is 4.76. The molecule has 0 bridgehead atoms. The molecule has 1 aromatic rings. The van der Waals surface area contributed by atoms with Crippen molar-refractivity contribution in [1.82, 2.24) is 0 Å². The molecule has 0 fully saturated rings. The van der Waals surface area contributed by atoms with Crippen LogP contribution < -0.4 is 0 Å². The predicted octanol–water partition coefficient (Wildman–Crippen LogP) is 2.77. The Labute approximate surface area is 103 Å². The molecule has 16 heavy (non-hydrogen) atoms. The number of benzene rings is 1. The van der Waals surface area contributed by atoms with Crippen LogP contribution in [0.1, 0.15) is 25.8 Å². The van der Waals surface area contributed by atoms with E-state index in [1.165, 1.54) is 6.92 Å². The summed E-state index contributed by atoms with van der Waals surface area (Å²) in [5, 5.41) is 19.4. The van der Waals surface area contributed by atoms with Gasteiger partial charge in [0.2, 0.25) is 0 Å². The maximum absolute atomic E-state index is 11.0. The Morgan fingerprint density at radius 2 is 1.94 bits per heavy atom. The second kappa shape index (κ2) is 4.97. The lowest BCUT2D eigenvalue weighted by Crippen LogP contribution is -2.37. The minimum Gasteiger partial charge on any atom is -0.481 e. The molecule has 2 unspecified atom stereocenters. The van der Waals surface area contributed by atoms with Gasteiger partial charge in [-0.05, 0) is 31.0 Å². The van der Waals surface area contributed by atoms with Gasteiger partial charge in [-0.25, -0.2) is 0 Å². The zero-order valence-electron chi connectivity index (χ0n) is 9.27. The fourth-order valence-corrected chi connectivity index (χ4v) is 1.97. The number of aliphatic hydroxyl groups is 1. The molecule has 0 aromatic heterocycles. The van der Waals surface area contributed by atoms with E-state index in [4.69, 9.17) is 5.11 Å². The molecule has 0 amide bonds. The van der Waals surface area contributed by atoms with E-state index in [9.17, 15) is 9.90 Å². The zero-order chi connectivity index (χ0) is 12.3. The molecule has 0 heterocycles. The van der Waals surface area contributed by atoms with Gasteiger partial charge in [0, 0.05) is 4.47 Å². The third-order valence-electron chi connectivity index (χ3n) is 2.97. The first-order chi connectivity index (χ1) is 7.41. The van der Waals surface area contributed by atoms with Gasteiger partial charge in [0.15, 0.2) is 0 Å². The van der Waals surface area contributed by atoms with Crippen LogP contribution in [0.15, 0.2) is 28.7 Å². The summed E-state index contributed by atoms with van der Waals surface area (Å²) in [5.74, 6) is -1.83. The Morgan fingerprint density at radius 3 is 2.31 bits per heavy atom.